The van der Waals surface area contributed by atoms with Gasteiger partial charge in [-0.15, -0.1) is 0 Å². The molecule has 4 aromatic rings. The highest BCUT2D eigenvalue weighted by molar-refractivity contribution is 7.90. The molecule has 0 saturated heterocycles. The molecule has 6 nitrogen and oxygen atoms in total. The highest BCUT2D eigenvalue weighted by atomic mass is 32.2. The van der Waals surface area contributed by atoms with Crippen LogP contribution in [-0.4, -0.2) is 24.3 Å². The summed E-state index contributed by atoms with van der Waals surface area (Å²) in [5, 5.41) is 2.85. The Labute approximate surface area is 193 Å². The number of rotatable bonds is 7. The molecule has 1 heterocycles. The second-order valence-corrected chi connectivity index (χ2v) is 9.62. The lowest BCUT2D eigenvalue weighted by Gasteiger charge is -2.08. The van der Waals surface area contributed by atoms with E-state index < -0.39 is 9.84 Å². The largest absolute Gasteiger partial charge is 0.345 e. The number of carbonyl (C=O) groups excluding carboxylic acids is 1. The number of aromatic amines is 1. The van der Waals surface area contributed by atoms with E-state index in [4.69, 9.17) is 0 Å². The third-order valence-electron chi connectivity index (χ3n) is 5.02. The van der Waals surface area contributed by atoms with Crippen molar-refractivity contribution in [1.29, 1.82) is 0 Å². The number of hydrogen-bond acceptors (Lipinski definition) is 4. The molecule has 0 aliphatic carbocycles. The number of hydrogen-bond donors (Lipinski definition) is 2. The van der Waals surface area contributed by atoms with Crippen molar-refractivity contribution < 1.29 is 13.2 Å². The normalized spacial score (nSPS) is 11.5. The van der Waals surface area contributed by atoms with Gasteiger partial charge in [0.05, 0.1) is 16.3 Å². The molecule has 166 valence electrons. The summed E-state index contributed by atoms with van der Waals surface area (Å²) in [6.07, 6.45) is 6.34. The van der Waals surface area contributed by atoms with Gasteiger partial charge in [0, 0.05) is 24.0 Å². The molecule has 0 spiro atoms. The van der Waals surface area contributed by atoms with Crippen molar-refractivity contribution in [2.45, 2.75) is 17.6 Å². The number of aromatic nitrogens is 2. The molecule has 1 aromatic heterocycles. The third-order valence-corrected chi connectivity index (χ3v) is 6.71. The number of anilines is 1. The maximum Gasteiger partial charge on any atom is 0.248 e. The van der Waals surface area contributed by atoms with Gasteiger partial charge in [-0.25, -0.2) is 13.4 Å². The van der Waals surface area contributed by atoms with Gasteiger partial charge in [-0.3, -0.25) is 4.79 Å². The SMILES string of the molecule is Cc1cccc(CS(=O)(=O)c2cccc(/C=C/C(=O)Nc3ccccc3-c3ncc[nH]3)c2)c1. The molecule has 0 unspecified atom stereocenters. The molecule has 0 radical (unpaired) electrons. The molecule has 0 bridgehead atoms. The van der Waals surface area contributed by atoms with Crippen molar-refractivity contribution in [1.82, 2.24) is 9.97 Å². The first-order valence-electron chi connectivity index (χ1n) is 10.4. The highest BCUT2D eigenvalue weighted by Gasteiger charge is 2.16. The van der Waals surface area contributed by atoms with Gasteiger partial charge in [-0.1, -0.05) is 54.1 Å². The maximum atomic E-state index is 12.9. The standard InChI is InChI=1S/C26H23N3O3S/c1-19-6-4-8-21(16-19)18-33(31,32)22-9-5-7-20(17-22)12-13-25(30)29-24-11-3-2-10-23(24)26-27-14-15-28-26/h2-17H,18H2,1H3,(H,27,28)(H,29,30)/b13-12+. The second-order valence-electron chi connectivity index (χ2n) is 7.63. The molecule has 0 aliphatic heterocycles. The lowest BCUT2D eigenvalue weighted by atomic mass is 10.1. The Morgan fingerprint density at radius 3 is 2.64 bits per heavy atom. The van der Waals surface area contributed by atoms with E-state index in [9.17, 15) is 13.2 Å². The van der Waals surface area contributed by atoms with Crippen LogP contribution in [0.2, 0.25) is 0 Å². The van der Waals surface area contributed by atoms with E-state index in [1.807, 2.05) is 43.3 Å². The molecule has 0 saturated carbocycles. The summed E-state index contributed by atoms with van der Waals surface area (Å²) >= 11 is 0. The second kappa shape index (κ2) is 9.67. The number of sulfone groups is 1. The Kier molecular flexibility index (Phi) is 6.51. The summed E-state index contributed by atoms with van der Waals surface area (Å²) < 4.78 is 25.8. The van der Waals surface area contributed by atoms with E-state index in [-0.39, 0.29) is 16.6 Å². The molecule has 0 aliphatic rings. The number of para-hydroxylation sites is 1. The number of aryl methyl sites for hydroxylation is 1. The molecule has 3 aromatic carbocycles. The first kappa shape index (κ1) is 22.2. The van der Waals surface area contributed by atoms with Crippen LogP contribution < -0.4 is 5.32 Å². The minimum absolute atomic E-state index is 0.0775. The zero-order chi connectivity index (χ0) is 23.3. The number of amides is 1. The fourth-order valence-corrected chi connectivity index (χ4v) is 4.86. The monoisotopic (exact) mass is 457 g/mol. The Balaban J connectivity index is 1.49. The van der Waals surface area contributed by atoms with Crippen LogP contribution in [0.25, 0.3) is 17.5 Å². The van der Waals surface area contributed by atoms with Crippen LogP contribution in [0.1, 0.15) is 16.7 Å². The zero-order valence-electron chi connectivity index (χ0n) is 18.0. The van der Waals surface area contributed by atoms with Gasteiger partial charge in [0.1, 0.15) is 5.82 Å². The Morgan fingerprint density at radius 2 is 1.85 bits per heavy atom. The summed E-state index contributed by atoms with van der Waals surface area (Å²) in [6, 6.07) is 21.4. The molecule has 0 atom stereocenters. The van der Waals surface area contributed by atoms with Crippen molar-refractivity contribution in [2.75, 3.05) is 5.32 Å². The molecular weight excluding hydrogens is 434 g/mol. The first-order valence-corrected chi connectivity index (χ1v) is 12.0. The molecular formula is C26H23N3O3S. The van der Waals surface area contributed by atoms with E-state index in [0.717, 1.165) is 16.7 Å². The number of imidazole rings is 1. The predicted octanol–water partition coefficient (Wildman–Crippen LogP) is 5.01. The van der Waals surface area contributed by atoms with Crippen LogP contribution in [0.4, 0.5) is 5.69 Å². The molecule has 7 heteroatoms. The molecule has 33 heavy (non-hydrogen) atoms. The minimum Gasteiger partial charge on any atom is -0.345 e. The van der Waals surface area contributed by atoms with Gasteiger partial charge in [0.15, 0.2) is 9.84 Å². The first-order chi connectivity index (χ1) is 15.9. The van der Waals surface area contributed by atoms with Crippen molar-refractivity contribution in [3.8, 4) is 11.4 Å². The van der Waals surface area contributed by atoms with Crippen LogP contribution in [0.5, 0.6) is 0 Å². The summed E-state index contributed by atoms with van der Waals surface area (Å²) in [4.78, 5) is 20.0. The summed E-state index contributed by atoms with van der Waals surface area (Å²) in [6.45, 7) is 1.93. The van der Waals surface area contributed by atoms with E-state index in [2.05, 4.69) is 15.3 Å². The van der Waals surface area contributed by atoms with Gasteiger partial charge in [0.2, 0.25) is 5.91 Å². The molecule has 0 fully saturated rings. The minimum atomic E-state index is -3.52. The average molecular weight is 458 g/mol. The average Bonchev–Trinajstić information content (AvgIpc) is 3.33. The fraction of sp³-hybridized carbons (Fsp3) is 0.0769. The third kappa shape index (κ3) is 5.64. The zero-order valence-corrected chi connectivity index (χ0v) is 18.8. The van der Waals surface area contributed by atoms with Crippen LogP contribution in [0, 0.1) is 6.92 Å². The molecule has 2 N–H and O–H groups in total. The Hall–Kier alpha value is -3.97. The van der Waals surface area contributed by atoms with Gasteiger partial charge in [-0.2, -0.15) is 0 Å². The predicted molar refractivity (Wildman–Crippen MR) is 130 cm³/mol. The number of H-pyrrole nitrogens is 1. The van der Waals surface area contributed by atoms with Gasteiger partial charge in [-0.05, 0) is 48.4 Å². The van der Waals surface area contributed by atoms with E-state index in [1.165, 1.54) is 6.08 Å². The van der Waals surface area contributed by atoms with Crippen LogP contribution in [0.15, 0.2) is 96.2 Å². The van der Waals surface area contributed by atoms with Gasteiger partial charge < -0.3 is 10.3 Å². The summed E-state index contributed by atoms with van der Waals surface area (Å²) in [7, 11) is -3.52. The summed E-state index contributed by atoms with van der Waals surface area (Å²) in [5.74, 6) is 0.245. The van der Waals surface area contributed by atoms with Crippen molar-refractivity contribution in [2.24, 2.45) is 0 Å². The van der Waals surface area contributed by atoms with Crippen LogP contribution >= 0.6 is 0 Å². The number of carbonyl (C=O) groups is 1. The maximum absolute atomic E-state index is 12.9. The van der Waals surface area contributed by atoms with Crippen molar-refractivity contribution in [3.63, 3.8) is 0 Å². The van der Waals surface area contributed by atoms with Crippen LogP contribution in [0.3, 0.4) is 0 Å². The molecule has 1 amide bonds. The number of benzene rings is 3. The lowest BCUT2D eigenvalue weighted by Crippen LogP contribution is -2.09. The number of nitrogens with one attached hydrogen (secondary N) is 2. The smallest absolute Gasteiger partial charge is 0.248 e. The molecule has 4 rings (SSSR count). The topological polar surface area (TPSA) is 91.9 Å². The summed E-state index contributed by atoms with van der Waals surface area (Å²) in [5.41, 5.74) is 3.77. The number of nitrogens with zero attached hydrogens (tertiary/aromatic N) is 1. The highest BCUT2D eigenvalue weighted by Crippen LogP contribution is 2.25. The quantitative estimate of drug-likeness (QED) is 0.382. The van der Waals surface area contributed by atoms with Crippen LogP contribution in [-0.2, 0) is 20.4 Å². The van der Waals surface area contributed by atoms with E-state index in [1.54, 1.807) is 54.9 Å². The lowest BCUT2D eigenvalue weighted by molar-refractivity contribution is -0.111. The van der Waals surface area contributed by atoms with Gasteiger partial charge in [0.25, 0.3) is 0 Å². The Morgan fingerprint density at radius 1 is 1.03 bits per heavy atom. The van der Waals surface area contributed by atoms with Crippen molar-refractivity contribution in [3.05, 3.63) is 108 Å². The van der Waals surface area contributed by atoms with E-state index in [0.29, 0.717) is 17.1 Å². The fourth-order valence-electron chi connectivity index (χ4n) is 3.47. The van der Waals surface area contributed by atoms with Gasteiger partial charge >= 0.3 is 0 Å². The van der Waals surface area contributed by atoms with Crippen molar-refractivity contribution >= 4 is 27.5 Å². The Bertz CT molecular complexity index is 1410. The van der Waals surface area contributed by atoms with E-state index >= 15 is 0 Å².